The molecule has 2 heteroatoms. The molecule has 0 radical (unpaired) electrons. The van der Waals surface area contributed by atoms with Crippen LogP contribution in [-0.4, -0.2) is 18.0 Å². The Morgan fingerprint density at radius 1 is 1.23 bits per heavy atom. The van der Waals surface area contributed by atoms with E-state index in [-0.39, 0.29) is 0 Å². The fourth-order valence-corrected chi connectivity index (χ4v) is 2.68. The van der Waals surface area contributed by atoms with Gasteiger partial charge in [0.25, 0.3) is 0 Å². The van der Waals surface area contributed by atoms with Gasteiger partial charge in [-0.15, -0.1) is 0 Å². The topological polar surface area (TPSA) is 16.4 Å². The maximum absolute atomic E-state index is 5.93. The molecule has 22 heavy (non-hydrogen) atoms. The fourth-order valence-electron chi connectivity index (χ4n) is 2.68. The van der Waals surface area contributed by atoms with Gasteiger partial charge in [0.1, 0.15) is 11.3 Å². The normalized spacial score (nSPS) is 11.8. The summed E-state index contributed by atoms with van der Waals surface area (Å²) in [5, 5.41) is 1.20. The molecule has 0 atom stereocenters. The highest BCUT2D eigenvalue weighted by Gasteiger charge is 2.07. The summed E-state index contributed by atoms with van der Waals surface area (Å²) in [6.07, 6.45) is 5.94. The van der Waals surface area contributed by atoms with Crippen molar-refractivity contribution in [1.29, 1.82) is 0 Å². The lowest BCUT2D eigenvalue weighted by atomic mass is 10.1. The Morgan fingerprint density at radius 3 is 2.68 bits per heavy atom. The first kappa shape index (κ1) is 16.6. The van der Waals surface area contributed by atoms with Crippen LogP contribution in [0.25, 0.3) is 11.0 Å². The highest BCUT2D eigenvalue weighted by molar-refractivity contribution is 5.78. The molecule has 0 aliphatic rings. The minimum Gasteiger partial charge on any atom is -0.461 e. The maximum atomic E-state index is 5.93. The van der Waals surface area contributed by atoms with Crippen LogP contribution >= 0.6 is 0 Å². The smallest absolute Gasteiger partial charge is 0.134 e. The van der Waals surface area contributed by atoms with E-state index in [1.807, 2.05) is 13.0 Å². The van der Waals surface area contributed by atoms with E-state index in [4.69, 9.17) is 4.42 Å². The molecular weight excluding hydrogens is 270 g/mol. The minimum atomic E-state index is 0.906. The van der Waals surface area contributed by atoms with Crippen LogP contribution in [0.4, 0.5) is 0 Å². The van der Waals surface area contributed by atoms with Crippen molar-refractivity contribution < 1.29 is 4.42 Å². The molecule has 0 aliphatic heterocycles. The number of hydrogen-bond acceptors (Lipinski definition) is 2. The molecule has 118 valence electrons. The van der Waals surface area contributed by atoms with Crippen LogP contribution in [0.1, 0.15) is 38.5 Å². The van der Waals surface area contributed by atoms with Crippen LogP contribution in [0.15, 0.2) is 53.0 Å². The third-order valence-electron chi connectivity index (χ3n) is 4.03. The molecule has 0 unspecified atom stereocenters. The summed E-state index contributed by atoms with van der Waals surface area (Å²) < 4.78 is 5.93. The van der Waals surface area contributed by atoms with E-state index in [0.29, 0.717) is 0 Å². The number of aryl methyl sites for hydroxylation is 1. The van der Waals surface area contributed by atoms with Crippen LogP contribution in [0, 0.1) is 0 Å². The van der Waals surface area contributed by atoms with Crippen molar-refractivity contribution in [1.82, 2.24) is 4.90 Å². The Morgan fingerprint density at radius 2 is 2.00 bits per heavy atom. The van der Waals surface area contributed by atoms with Gasteiger partial charge in [-0.3, -0.25) is 4.90 Å². The minimum absolute atomic E-state index is 0.906. The van der Waals surface area contributed by atoms with E-state index in [2.05, 4.69) is 55.7 Å². The van der Waals surface area contributed by atoms with Crippen molar-refractivity contribution in [2.24, 2.45) is 0 Å². The molecule has 0 saturated carbocycles. The predicted molar refractivity (Wildman–Crippen MR) is 95.1 cm³/mol. The molecule has 0 amide bonds. The largest absolute Gasteiger partial charge is 0.461 e. The van der Waals surface area contributed by atoms with Crippen molar-refractivity contribution in [3.63, 3.8) is 0 Å². The van der Waals surface area contributed by atoms with E-state index in [1.54, 1.807) is 0 Å². The Bertz CT molecular complexity index is 647. The molecule has 2 rings (SSSR count). The van der Waals surface area contributed by atoms with Gasteiger partial charge in [-0.2, -0.15) is 0 Å². The highest BCUT2D eigenvalue weighted by Crippen LogP contribution is 2.23. The third kappa shape index (κ3) is 4.35. The monoisotopic (exact) mass is 297 g/mol. The Balaban J connectivity index is 2.08. The van der Waals surface area contributed by atoms with E-state index >= 15 is 0 Å². The second kappa shape index (κ2) is 8.00. The average Bonchev–Trinajstić information content (AvgIpc) is 2.93. The van der Waals surface area contributed by atoms with Crippen LogP contribution < -0.4 is 0 Å². The lowest BCUT2D eigenvalue weighted by molar-refractivity contribution is 0.296. The van der Waals surface area contributed by atoms with Crippen LogP contribution in [0.3, 0.4) is 0 Å². The molecule has 2 aromatic rings. The van der Waals surface area contributed by atoms with Crippen LogP contribution in [0.5, 0.6) is 0 Å². The molecule has 0 N–H and O–H groups in total. The zero-order valence-corrected chi connectivity index (χ0v) is 14.1. The van der Waals surface area contributed by atoms with Crippen molar-refractivity contribution in [3.8, 4) is 0 Å². The van der Waals surface area contributed by atoms with Crippen molar-refractivity contribution >= 4 is 11.0 Å². The van der Waals surface area contributed by atoms with Crippen molar-refractivity contribution in [2.75, 3.05) is 13.1 Å². The third-order valence-corrected chi connectivity index (χ3v) is 4.03. The molecule has 1 heterocycles. The Hall–Kier alpha value is -1.80. The first-order valence-electron chi connectivity index (χ1n) is 8.20. The number of hydrogen-bond donors (Lipinski definition) is 0. The summed E-state index contributed by atoms with van der Waals surface area (Å²) in [6, 6.07) is 8.69. The molecule has 1 aromatic carbocycles. The van der Waals surface area contributed by atoms with Gasteiger partial charge in [0.15, 0.2) is 0 Å². The van der Waals surface area contributed by atoms with Crippen molar-refractivity contribution in [3.05, 3.63) is 59.9 Å². The van der Waals surface area contributed by atoms with E-state index in [1.165, 1.54) is 10.9 Å². The zero-order valence-electron chi connectivity index (χ0n) is 14.1. The molecule has 0 aliphatic carbocycles. The first-order chi connectivity index (χ1) is 10.7. The summed E-state index contributed by atoms with van der Waals surface area (Å²) >= 11 is 0. The fraction of sp³-hybridized carbons (Fsp3) is 0.400. The van der Waals surface area contributed by atoms with Gasteiger partial charge in [0, 0.05) is 18.4 Å². The van der Waals surface area contributed by atoms with Crippen molar-refractivity contribution in [2.45, 2.75) is 40.2 Å². The number of rotatable bonds is 8. The summed E-state index contributed by atoms with van der Waals surface area (Å²) in [5.41, 5.74) is 3.47. The molecule has 0 bridgehead atoms. The predicted octanol–water partition coefficient (Wildman–Crippen LogP) is 5.34. The quantitative estimate of drug-likeness (QED) is 0.611. The standard InChI is InChI=1S/C20H27NO/c1-5-8-16(4)9-11-19-14-18-13-17(10-12-20(18)22-19)15-21(6-2)7-3/h5,8,10,12-14H,4,6-7,9,11,15H2,1-3H3. The van der Waals surface area contributed by atoms with Gasteiger partial charge in [0.2, 0.25) is 0 Å². The molecule has 2 nitrogen and oxygen atoms in total. The molecule has 0 saturated heterocycles. The maximum Gasteiger partial charge on any atom is 0.134 e. The second-order valence-electron chi connectivity index (χ2n) is 5.70. The summed E-state index contributed by atoms with van der Waals surface area (Å²) in [4.78, 5) is 2.42. The molecule has 0 fully saturated rings. The number of furan rings is 1. The summed E-state index contributed by atoms with van der Waals surface area (Å²) in [7, 11) is 0. The van der Waals surface area contributed by atoms with Gasteiger partial charge in [-0.05, 0) is 50.2 Å². The number of allylic oxidation sites excluding steroid dienone is 3. The average molecular weight is 297 g/mol. The van der Waals surface area contributed by atoms with Crippen LogP contribution in [-0.2, 0) is 13.0 Å². The second-order valence-corrected chi connectivity index (χ2v) is 5.70. The lowest BCUT2D eigenvalue weighted by Crippen LogP contribution is -2.21. The number of nitrogens with zero attached hydrogens (tertiary/aromatic N) is 1. The van der Waals surface area contributed by atoms with Gasteiger partial charge in [-0.25, -0.2) is 0 Å². The zero-order chi connectivity index (χ0) is 15.9. The van der Waals surface area contributed by atoms with Gasteiger partial charge in [-0.1, -0.05) is 44.2 Å². The molecule has 0 spiro atoms. The molecular formula is C20H27NO. The van der Waals surface area contributed by atoms with Gasteiger partial charge >= 0.3 is 0 Å². The number of benzene rings is 1. The Kier molecular flexibility index (Phi) is 6.02. The molecule has 1 aromatic heterocycles. The number of fused-ring (bicyclic) bond motifs is 1. The first-order valence-corrected chi connectivity index (χ1v) is 8.20. The highest BCUT2D eigenvalue weighted by atomic mass is 16.3. The van der Waals surface area contributed by atoms with E-state index in [0.717, 1.165) is 49.4 Å². The van der Waals surface area contributed by atoms with Gasteiger partial charge in [0.05, 0.1) is 0 Å². The van der Waals surface area contributed by atoms with Gasteiger partial charge < -0.3 is 4.42 Å². The van der Waals surface area contributed by atoms with Crippen LogP contribution in [0.2, 0.25) is 0 Å². The Labute approximate surface area is 134 Å². The van der Waals surface area contributed by atoms with E-state index < -0.39 is 0 Å². The SMILES string of the molecule is C=C(C=CC)CCc1cc2cc(CN(CC)CC)ccc2o1. The van der Waals surface area contributed by atoms with E-state index in [9.17, 15) is 0 Å². The lowest BCUT2D eigenvalue weighted by Gasteiger charge is -2.17. The summed E-state index contributed by atoms with van der Waals surface area (Å²) in [5.74, 6) is 1.04. The summed E-state index contributed by atoms with van der Waals surface area (Å²) in [6.45, 7) is 13.6.